The maximum absolute atomic E-state index is 13.1. The van der Waals surface area contributed by atoms with Gasteiger partial charge in [-0.15, -0.1) is 0 Å². The molecule has 0 heterocycles. The largest absolute Gasteiger partial charge is 0.445 e. The molecule has 2 atom stereocenters. The number of nitrogens with two attached hydrogens (primary N) is 1. The molecule has 37 heavy (non-hydrogen) atoms. The van der Waals surface area contributed by atoms with Crippen LogP contribution in [0.25, 0.3) is 0 Å². The number of primary amides is 1. The van der Waals surface area contributed by atoms with Gasteiger partial charge in [0.1, 0.15) is 18.7 Å². The maximum Gasteiger partial charge on any atom is 0.408 e. The molecule has 0 aliphatic heterocycles. The Morgan fingerprint density at radius 1 is 0.757 bits per heavy atom. The van der Waals surface area contributed by atoms with Gasteiger partial charge in [-0.2, -0.15) is 0 Å². The van der Waals surface area contributed by atoms with Crippen molar-refractivity contribution in [1.82, 2.24) is 10.6 Å². The van der Waals surface area contributed by atoms with Crippen molar-refractivity contribution in [2.24, 2.45) is 5.73 Å². The Kier molecular flexibility index (Phi) is 9.79. The highest BCUT2D eigenvalue weighted by atomic mass is 32.2. The third kappa shape index (κ3) is 8.76. The molecule has 194 valence electrons. The van der Waals surface area contributed by atoms with Crippen LogP contribution in [-0.4, -0.2) is 44.2 Å². The van der Waals surface area contributed by atoms with Gasteiger partial charge in [0.25, 0.3) is 0 Å². The van der Waals surface area contributed by atoms with Crippen LogP contribution in [0.2, 0.25) is 0 Å². The van der Waals surface area contributed by atoms with Gasteiger partial charge in [0.2, 0.25) is 11.8 Å². The predicted octanol–water partition coefficient (Wildman–Crippen LogP) is 2.36. The van der Waals surface area contributed by atoms with E-state index in [4.69, 9.17) is 10.5 Å². The standard InChI is InChI=1S/C27H29N3O6S/c28-25(31)23(16-17-37(34,35)22-14-8-3-9-15-22)29-26(32)24(18-20-10-4-1-5-11-20)30-27(33)36-19-21-12-6-2-7-13-21/h1-15,23-24H,16-19H2,(H2,28,31)(H,29,32)(H,30,33)/t23-,24-/m0/s1. The SMILES string of the molecule is NC(=O)[C@H](CCS(=O)(=O)c1ccccc1)NC(=O)[C@H](Cc1ccccc1)NC(=O)OCc1ccccc1. The van der Waals surface area contributed by atoms with Crippen LogP contribution < -0.4 is 16.4 Å². The lowest BCUT2D eigenvalue weighted by molar-refractivity contribution is -0.128. The van der Waals surface area contributed by atoms with E-state index in [0.717, 1.165) is 11.1 Å². The van der Waals surface area contributed by atoms with Crippen molar-refractivity contribution in [2.45, 2.75) is 36.4 Å². The van der Waals surface area contributed by atoms with E-state index in [1.807, 2.05) is 24.3 Å². The number of hydrogen-bond donors (Lipinski definition) is 3. The Hall–Kier alpha value is -4.18. The Labute approximate surface area is 215 Å². The van der Waals surface area contributed by atoms with Gasteiger partial charge in [-0.25, -0.2) is 13.2 Å². The molecular formula is C27H29N3O6S. The number of carbonyl (C=O) groups is 3. The summed E-state index contributed by atoms with van der Waals surface area (Å²) < 4.78 is 30.5. The topological polar surface area (TPSA) is 145 Å². The van der Waals surface area contributed by atoms with Crippen molar-refractivity contribution in [3.05, 3.63) is 102 Å². The van der Waals surface area contributed by atoms with Crippen LogP contribution in [0.1, 0.15) is 17.5 Å². The molecule has 0 aliphatic rings. The minimum absolute atomic E-state index is 0.00755. The van der Waals surface area contributed by atoms with Gasteiger partial charge in [0.15, 0.2) is 9.84 Å². The Bertz CT molecular complexity index is 1290. The van der Waals surface area contributed by atoms with E-state index in [2.05, 4.69) is 10.6 Å². The van der Waals surface area contributed by atoms with Crippen LogP contribution >= 0.6 is 0 Å². The Balaban J connectivity index is 1.67. The summed E-state index contributed by atoms with van der Waals surface area (Å²) in [6.45, 7) is 0.00755. The van der Waals surface area contributed by atoms with Gasteiger partial charge < -0.3 is 21.1 Å². The highest BCUT2D eigenvalue weighted by Crippen LogP contribution is 2.13. The van der Waals surface area contributed by atoms with E-state index >= 15 is 0 Å². The summed E-state index contributed by atoms with van der Waals surface area (Å²) in [5.41, 5.74) is 6.99. The Morgan fingerprint density at radius 2 is 1.30 bits per heavy atom. The second kappa shape index (κ2) is 13.2. The number of sulfone groups is 1. The second-order valence-corrected chi connectivity index (χ2v) is 10.4. The number of rotatable bonds is 12. The number of alkyl carbamates (subject to hydrolysis) is 1. The minimum atomic E-state index is -3.69. The van der Waals surface area contributed by atoms with Crippen molar-refractivity contribution in [1.29, 1.82) is 0 Å². The highest BCUT2D eigenvalue weighted by Gasteiger charge is 2.28. The molecule has 0 fully saturated rings. The van der Waals surface area contributed by atoms with Crippen LogP contribution in [-0.2, 0) is 37.2 Å². The molecule has 0 saturated heterocycles. The third-order valence-electron chi connectivity index (χ3n) is 5.54. The zero-order valence-electron chi connectivity index (χ0n) is 20.1. The van der Waals surface area contributed by atoms with Gasteiger partial charge >= 0.3 is 6.09 Å². The fourth-order valence-electron chi connectivity index (χ4n) is 3.54. The normalized spacial score (nSPS) is 12.6. The van der Waals surface area contributed by atoms with E-state index in [9.17, 15) is 22.8 Å². The molecule has 0 aliphatic carbocycles. The summed E-state index contributed by atoms with van der Waals surface area (Å²) in [5, 5.41) is 5.03. The quantitative estimate of drug-likeness (QED) is 0.332. The van der Waals surface area contributed by atoms with Gasteiger partial charge in [0.05, 0.1) is 10.6 Å². The van der Waals surface area contributed by atoms with Crippen molar-refractivity contribution < 1.29 is 27.5 Å². The van der Waals surface area contributed by atoms with Crippen LogP contribution in [0, 0.1) is 0 Å². The fourth-order valence-corrected chi connectivity index (χ4v) is 4.90. The maximum atomic E-state index is 13.1. The van der Waals surface area contributed by atoms with Crippen LogP contribution in [0.3, 0.4) is 0 Å². The van der Waals surface area contributed by atoms with E-state index in [-0.39, 0.29) is 24.3 Å². The summed E-state index contributed by atoms with van der Waals surface area (Å²) in [7, 11) is -3.69. The van der Waals surface area contributed by atoms with Crippen molar-refractivity contribution in [2.75, 3.05) is 5.75 Å². The summed E-state index contributed by atoms with van der Waals surface area (Å²) in [6.07, 6.45) is -0.933. The van der Waals surface area contributed by atoms with Crippen molar-refractivity contribution >= 4 is 27.7 Å². The summed E-state index contributed by atoms with van der Waals surface area (Å²) in [5.74, 6) is -1.98. The van der Waals surface area contributed by atoms with Gasteiger partial charge in [-0.1, -0.05) is 78.9 Å². The average Bonchev–Trinajstić information content (AvgIpc) is 2.91. The van der Waals surface area contributed by atoms with Gasteiger partial charge in [-0.05, 0) is 29.7 Å². The Morgan fingerprint density at radius 3 is 1.86 bits per heavy atom. The molecule has 3 aromatic rings. The lowest BCUT2D eigenvalue weighted by Gasteiger charge is -2.22. The minimum Gasteiger partial charge on any atom is -0.445 e. The molecule has 0 spiro atoms. The molecule has 0 unspecified atom stereocenters. The first-order valence-corrected chi connectivity index (χ1v) is 13.3. The number of carbonyl (C=O) groups excluding carboxylic acids is 3. The first kappa shape index (κ1) is 27.4. The van der Waals surface area contributed by atoms with E-state index in [0.29, 0.717) is 0 Å². The molecule has 0 bridgehead atoms. The molecule has 4 N–H and O–H groups in total. The number of hydrogen-bond acceptors (Lipinski definition) is 6. The second-order valence-electron chi connectivity index (χ2n) is 8.33. The highest BCUT2D eigenvalue weighted by molar-refractivity contribution is 7.91. The molecule has 0 radical (unpaired) electrons. The van der Waals surface area contributed by atoms with Gasteiger partial charge in [0, 0.05) is 6.42 Å². The predicted molar refractivity (Wildman–Crippen MR) is 138 cm³/mol. The van der Waals surface area contributed by atoms with E-state index in [1.54, 1.807) is 54.6 Å². The van der Waals surface area contributed by atoms with Crippen LogP contribution in [0.4, 0.5) is 4.79 Å². The molecule has 0 saturated carbocycles. The third-order valence-corrected chi connectivity index (χ3v) is 7.31. The first-order chi connectivity index (χ1) is 17.7. The molecule has 3 amide bonds. The average molecular weight is 524 g/mol. The number of amides is 3. The lowest BCUT2D eigenvalue weighted by Crippen LogP contribution is -2.54. The lowest BCUT2D eigenvalue weighted by atomic mass is 10.0. The molecular weight excluding hydrogens is 494 g/mol. The zero-order chi connectivity index (χ0) is 26.7. The van der Waals surface area contributed by atoms with Crippen LogP contribution in [0.5, 0.6) is 0 Å². The molecule has 10 heteroatoms. The summed E-state index contributed by atoms with van der Waals surface area (Å²) in [4.78, 5) is 37.8. The van der Waals surface area contributed by atoms with Crippen molar-refractivity contribution in [3.8, 4) is 0 Å². The summed E-state index contributed by atoms with van der Waals surface area (Å²) >= 11 is 0. The smallest absolute Gasteiger partial charge is 0.408 e. The first-order valence-electron chi connectivity index (χ1n) is 11.6. The molecule has 0 aromatic heterocycles. The fraction of sp³-hybridized carbons (Fsp3) is 0.222. The number of nitrogens with one attached hydrogen (secondary N) is 2. The number of benzene rings is 3. The van der Waals surface area contributed by atoms with Crippen LogP contribution in [0.15, 0.2) is 95.9 Å². The summed E-state index contributed by atoms with van der Waals surface area (Å²) in [6, 6.07) is 23.4. The zero-order valence-corrected chi connectivity index (χ0v) is 20.9. The molecule has 3 aromatic carbocycles. The molecule has 3 rings (SSSR count). The monoisotopic (exact) mass is 523 g/mol. The molecule has 9 nitrogen and oxygen atoms in total. The number of ether oxygens (including phenoxy) is 1. The van der Waals surface area contributed by atoms with E-state index < -0.39 is 45.6 Å². The van der Waals surface area contributed by atoms with Crippen molar-refractivity contribution in [3.63, 3.8) is 0 Å². The van der Waals surface area contributed by atoms with E-state index in [1.165, 1.54) is 12.1 Å². The van der Waals surface area contributed by atoms with Gasteiger partial charge in [-0.3, -0.25) is 9.59 Å².